The van der Waals surface area contributed by atoms with Crippen molar-refractivity contribution in [3.8, 4) is 11.3 Å². The summed E-state index contributed by atoms with van der Waals surface area (Å²) < 4.78 is 39.1. The molecule has 0 radical (unpaired) electrons. The lowest BCUT2D eigenvalue weighted by Gasteiger charge is -2.04. The fraction of sp³-hybridized carbons (Fsp3) is 0. The van der Waals surface area contributed by atoms with E-state index in [0.717, 1.165) is 18.5 Å². The Morgan fingerprint density at radius 3 is 2.50 bits per heavy atom. The van der Waals surface area contributed by atoms with E-state index in [2.05, 4.69) is 9.97 Å². The quantitative estimate of drug-likeness (QED) is 0.720. The van der Waals surface area contributed by atoms with Crippen LogP contribution in [0.25, 0.3) is 11.3 Å². The van der Waals surface area contributed by atoms with Gasteiger partial charge in [-0.1, -0.05) is 11.6 Å². The Labute approximate surface area is 93.7 Å². The molecule has 16 heavy (non-hydrogen) atoms. The summed E-state index contributed by atoms with van der Waals surface area (Å²) in [6, 6.07) is 1.88. The first-order valence-electron chi connectivity index (χ1n) is 4.20. The Hall–Kier alpha value is -1.62. The lowest BCUT2D eigenvalue weighted by atomic mass is 10.1. The summed E-state index contributed by atoms with van der Waals surface area (Å²) in [7, 11) is 0. The molecule has 2 rings (SSSR count). The van der Waals surface area contributed by atoms with E-state index >= 15 is 0 Å². The topological polar surface area (TPSA) is 25.8 Å². The largest absolute Gasteiger partial charge is 0.243 e. The number of hydrogen-bond acceptors (Lipinski definition) is 2. The van der Waals surface area contributed by atoms with Crippen molar-refractivity contribution in [2.75, 3.05) is 0 Å². The standard InChI is InChI=1S/C10H4ClF3N2/c11-6-3-15-4-16-10(6)5-1-2-7(12)9(14)8(5)13/h1-4H. The van der Waals surface area contributed by atoms with E-state index < -0.39 is 17.5 Å². The minimum absolute atomic E-state index is 0.0214. The molecule has 0 saturated carbocycles. The van der Waals surface area contributed by atoms with Crippen molar-refractivity contribution < 1.29 is 13.2 Å². The SMILES string of the molecule is Fc1ccc(-c2ncncc2Cl)c(F)c1F. The Bertz CT molecular complexity index is 546. The average Bonchev–Trinajstić information content (AvgIpc) is 2.28. The van der Waals surface area contributed by atoms with E-state index in [1.54, 1.807) is 0 Å². The monoisotopic (exact) mass is 244 g/mol. The normalized spacial score (nSPS) is 10.5. The number of benzene rings is 1. The zero-order valence-electron chi connectivity index (χ0n) is 7.72. The van der Waals surface area contributed by atoms with Crippen molar-refractivity contribution in [2.45, 2.75) is 0 Å². The van der Waals surface area contributed by atoms with Crippen molar-refractivity contribution in [1.29, 1.82) is 0 Å². The van der Waals surface area contributed by atoms with E-state index in [9.17, 15) is 13.2 Å². The van der Waals surface area contributed by atoms with Gasteiger partial charge in [-0.2, -0.15) is 0 Å². The van der Waals surface area contributed by atoms with Gasteiger partial charge in [0.25, 0.3) is 0 Å². The summed E-state index contributed by atoms with van der Waals surface area (Å²) in [5.74, 6) is -4.13. The molecule has 2 nitrogen and oxygen atoms in total. The average molecular weight is 245 g/mol. The minimum atomic E-state index is -1.55. The van der Waals surface area contributed by atoms with Crippen LogP contribution in [0.4, 0.5) is 13.2 Å². The molecule has 0 aliphatic carbocycles. The molecule has 0 atom stereocenters. The second kappa shape index (κ2) is 4.09. The van der Waals surface area contributed by atoms with Crippen molar-refractivity contribution in [2.24, 2.45) is 0 Å². The highest BCUT2D eigenvalue weighted by Crippen LogP contribution is 2.28. The van der Waals surface area contributed by atoms with Gasteiger partial charge < -0.3 is 0 Å². The number of aromatic nitrogens is 2. The zero-order chi connectivity index (χ0) is 11.7. The predicted molar refractivity (Wildman–Crippen MR) is 52.4 cm³/mol. The first-order chi connectivity index (χ1) is 7.61. The first kappa shape index (κ1) is 10.9. The van der Waals surface area contributed by atoms with Gasteiger partial charge in [0.2, 0.25) is 0 Å². The number of hydrogen-bond donors (Lipinski definition) is 0. The fourth-order valence-electron chi connectivity index (χ4n) is 1.22. The molecule has 0 unspecified atom stereocenters. The summed E-state index contributed by atoms with van der Waals surface area (Å²) in [5, 5.41) is 0.0624. The van der Waals surface area contributed by atoms with Gasteiger partial charge in [-0.15, -0.1) is 0 Å². The Morgan fingerprint density at radius 1 is 1.06 bits per heavy atom. The molecule has 0 aliphatic rings. The smallest absolute Gasteiger partial charge is 0.195 e. The molecule has 82 valence electrons. The van der Waals surface area contributed by atoms with Gasteiger partial charge in [-0.25, -0.2) is 23.1 Å². The summed E-state index contributed by atoms with van der Waals surface area (Å²) in [6.45, 7) is 0. The maximum Gasteiger partial charge on any atom is 0.195 e. The Kier molecular flexibility index (Phi) is 2.78. The van der Waals surface area contributed by atoms with Crippen LogP contribution >= 0.6 is 11.6 Å². The summed E-state index contributed by atoms with van der Waals surface area (Å²) in [6.07, 6.45) is 2.38. The van der Waals surface area contributed by atoms with Crippen LogP contribution in [0.5, 0.6) is 0 Å². The maximum absolute atomic E-state index is 13.4. The van der Waals surface area contributed by atoms with Gasteiger partial charge in [0.05, 0.1) is 10.7 Å². The molecule has 1 heterocycles. The fourth-order valence-corrected chi connectivity index (χ4v) is 1.43. The molecule has 0 bridgehead atoms. The van der Waals surface area contributed by atoms with Crippen molar-refractivity contribution in [1.82, 2.24) is 9.97 Å². The highest BCUT2D eigenvalue weighted by Gasteiger charge is 2.17. The molecule has 1 aromatic carbocycles. The lowest BCUT2D eigenvalue weighted by molar-refractivity contribution is 0.449. The van der Waals surface area contributed by atoms with Crippen LogP contribution in [-0.2, 0) is 0 Å². The van der Waals surface area contributed by atoms with Crippen molar-refractivity contribution in [3.63, 3.8) is 0 Å². The van der Waals surface area contributed by atoms with E-state index in [1.165, 1.54) is 6.20 Å². The van der Waals surface area contributed by atoms with Crippen LogP contribution < -0.4 is 0 Å². The van der Waals surface area contributed by atoms with E-state index in [0.29, 0.717) is 0 Å². The molecule has 0 N–H and O–H groups in total. The molecule has 1 aromatic heterocycles. The molecule has 0 saturated heterocycles. The van der Waals surface area contributed by atoms with Gasteiger partial charge in [-0.05, 0) is 12.1 Å². The summed E-state index contributed by atoms with van der Waals surface area (Å²) in [5.41, 5.74) is -0.181. The Balaban J connectivity index is 2.66. The van der Waals surface area contributed by atoms with E-state index in [-0.39, 0.29) is 16.3 Å². The third kappa shape index (κ3) is 1.74. The number of nitrogens with zero attached hydrogens (tertiary/aromatic N) is 2. The predicted octanol–water partition coefficient (Wildman–Crippen LogP) is 3.21. The summed E-state index contributed by atoms with van der Waals surface area (Å²) >= 11 is 5.72. The van der Waals surface area contributed by atoms with E-state index in [4.69, 9.17) is 11.6 Å². The molecular formula is C10H4ClF3N2. The molecule has 0 aliphatic heterocycles. The van der Waals surface area contributed by atoms with Crippen LogP contribution in [0.2, 0.25) is 5.02 Å². The minimum Gasteiger partial charge on any atom is -0.243 e. The molecule has 0 amide bonds. The molecule has 0 fully saturated rings. The molecule has 0 spiro atoms. The van der Waals surface area contributed by atoms with Gasteiger partial charge in [0.1, 0.15) is 6.33 Å². The first-order valence-corrected chi connectivity index (χ1v) is 4.58. The molecular weight excluding hydrogens is 241 g/mol. The van der Waals surface area contributed by atoms with Crippen LogP contribution in [0, 0.1) is 17.5 Å². The van der Waals surface area contributed by atoms with Crippen molar-refractivity contribution in [3.05, 3.63) is 47.1 Å². The number of halogens is 4. The van der Waals surface area contributed by atoms with Gasteiger partial charge in [0.15, 0.2) is 17.5 Å². The molecule has 6 heteroatoms. The van der Waals surface area contributed by atoms with Crippen LogP contribution in [0.15, 0.2) is 24.7 Å². The van der Waals surface area contributed by atoms with Crippen molar-refractivity contribution >= 4 is 11.6 Å². The van der Waals surface area contributed by atoms with Gasteiger partial charge in [-0.3, -0.25) is 0 Å². The van der Waals surface area contributed by atoms with Crippen LogP contribution in [0.1, 0.15) is 0 Å². The van der Waals surface area contributed by atoms with E-state index in [1.807, 2.05) is 0 Å². The maximum atomic E-state index is 13.4. The number of rotatable bonds is 1. The highest BCUT2D eigenvalue weighted by atomic mass is 35.5. The lowest BCUT2D eigenvalue weighted by Crippen LogP contribution is -1.96. The zero-order valence-corrected chi connectivity index (χ0v) is 8.47. The Morgan fingerprint density at radius 2 is 1.81 bits per heavy atom. The second-order valence-corrected chi connectivity index (χ2v) is 3.35. The summed E-state index contributed by atoms with van der Waals surface area (Å²) in [4.78, 5) is 7.31. The second-order valence-electron chi connectivity index (χ2n) is 2.94. The van der Waals surface area contributed by atoms with Crippen LogP contribution in [-0.4, -0.2) is 9.97 Å². The molecule has 2 aromatic rings. The highest BCUT2D eigenvalue weighted by molar-refractivity contribution is 6.32. The third-order valence-corrected chi connectivity index (χ3v) is 2.23. The third-order valence-electron chi connectivity index (χ3n) is 1.96. The van der Waals surface area contributed by atoms with Crippen LogP contribution in [0.3, 0.4) is 0 Å². The van der Waals surface area contributed by atoms with Gasteiger partial charge >= 0.3 is 0 Å². The van der Waals surface area contributed by atoms with Gasteiger partial charge in [0, 0.05) is 11.8 Å².